The number of amides is 1. The van der Waals surface area contributed by atoms with E-state index in [-0.39, 0.29) is 29.7 Å². The molecule has 3 saturated carbocycles. The molecule has 6 rings (SSSR count). The first-order valence-electron chi connectivity index (χ1n) is 15.2. The highest BCUT2D eigenvalue weighted by atomic mass is 16.5. The number of hydrogen-bond acceptors (Lipinski definition) is 5. The second kappa shape index (κ2) is 11.8. The molecule has 4 unspecified atom stereocenters. The van der Waals surface area contributed by atoms with Crippen LogP contribution in [0.4, 0.5) is 0 Å². The largest absolute Gasteiger partial charge is 0.496 e. The maximum Gasteiger partial charge on any atom is 0.223 e. The molecule has 4 atom stereocenters. The number of aliphatic hydroxyl groups excluding tert-OH is 1. The summed E-state index contributed by atoms with van der Waals surface area (Å²) in [6, 6.07) is 14.4. The zero-order valence-corrected chi connectivity index (χ0v) is 23.8. The van der Waals surface area contributed by atoms with Gasteiger partial charge >= 0.3 is 0 Å². The van der Waals surface area contributed by atoms with Crippen molar-refractivity contribution in [1.29, 1.82) is 0 Å². The van der Waals surface area contributed by atoms with Gasteiger partial charge in [0.15, 0.2) is 11.7 Å². The zero-order chi connectivity index (χ0) is 27.6. The van der Waals surface area contributed by atoms with Gasteiger partial charge in [0.05, 0.1) is 25.5 Å². The summed E-state index contributed by atoms with van der Waals surface area (Å²) in [7, 11) is 1.69. The Hall–Kier alpha value is -3.12. The van der Waals surface area contributed by atoms with Crippen molar-refractivity contribution in [1.82, 2.24) is 10.3 Å². The number of aryl methyl sites for hydroxylation is 1. The first-order chi connectivity index (χ1) is 19.5. The van der Waals surface area contributed by atoms with E-state index in [0.29, 0.717) is 12.3 Å². The Balaban J connectivity index is 1.24. The average molecular weight is 543 g/mol. The minimum absolute atomic E-state index is 0.0805. The van der Waals surface area contributed by atoms with E-state index in [2.05, 4.69) is 40.6 Å². The summed E-state index contributed by atoms with van der Waals surface area (Å²) < 4.78 is 11.6. The van der Waals surface area contributed by atoms with Gasteiger partial charge in [-0.3, -0.25) is 4.79 Å². The second-order valence-electron chi connectivity index (χ2n) is 12.3. The number of nitrogens with one attached hydrogen (secondary N) is 1. The van der Waals surface area contributed by atoms with Crippen molar-refractivity contribution >= 4 is 5.91 Å². The third kappa shape index (κ3) is 5.83. The summed E-state index contributed by atoms with van der Waals surface area (Å²) in [5, 5.41) is 14.9. The molecule has 2 aromatic carbocycles. The SMILES string of the molecule is COc1ccc(C2CCC(C(NC(=O)C3CCCCC3)c3cccc(-c4cnc(C5CC5)o4)c3)CC2O)cc1C. The van der Waals surface area contributed by atoms with E-state index in [1.54, 1.807) is 7.11 Å². The fourth-order valence-electron chi connectivity index (χ4n) is 6.94. The van der Waals surface area contributed by atoms with Crippen LogP contribution >= 0.6 is 0 Å². The molecule has 40 heavy (non-hydrogen) atoms. The molecule has 2 N–H and O–H groups in total. The Kier molecular flexibility index (Phi) is 7.97. The van der Waals surface area contributed by atoms with Gasteiger partial charge < -0.3 is 19.6 Å². The number of ether oxygens (including phenoxy) is 1. The van der Waals surface area contributed by atoms with E-state index in [1.807, 2.05) is 25.3 Å². The quantitative estimate of drug-likeness (QED) is 0.314. The number of carbonyl (C=O) groups is 1. The molecule has 0 radical (unpaired) electrons. The lowest BCUT2D eigenvalue weighted by Crippen LogP contribution is -2.41. The van der Waals surface area contributed by atoms with Gasteiger partial charge in [0, 0.05) is 23.3 Å². The van der Waals surface area contributed by atoms with Crippen LogP contribution in [0.25, 0.3) is 11.3 Å². The van der Waals surface area contributed by atoms with Gasteiger partial charge in [-0.05, 0) is 86.6 Å². The van der Waals surface area contributed by atoms with E-state index in [0.717, 1.165) is 91.0 Å². The Morgan fingerprint density at radius 3 is 2.60 bits per heavy atom. The topological polar surface area (TPSA) is 84.6 Å². The van der Waals surface area contributed by atoms with Crippen molar-refractivity contribution in [2.75, 3.05) is 7.11 Å². The normalized spacial score (nSPS) is 24.4. The fourth-order valence-corrected chi connectivity index (χ4v) is 6.94. The average Bonchev–Trinajstić information content (AvgIpc) is 3.72. The minimum Gasteiger partial charge on any atom is -0.496 e. The van der Waals surface area contributed by atoms with Crippen LogP contribution in [-0.2, 0) is 4.79 Å². The van der Waals surface area contributed by atoms with Crippen molar-refractivity contribution < 1.29 is 19.1 Å². The second-order valence-corrected chi connectivity index (χ2v) is 12.3. The van der Waals surface area contributed by atoms with Gasteiger partial charge in [-0.15, -0.1) is 0 Å². The van der Waals surface area contributed by atoms with E-state index in [1.165, 1.54) is 6.42 Å². The van der Waals surface area contributed by atoms with E-state index < -0.39 is 6.10 Å². The van der Waals surface area contributed by atoms with Gasteiger partial charge in [-0.2, -0.15) is 0 Å². The van der Waals surface area contributed by atoms with Crippen LogP contribution in [0.3, 0.4) is 0 Å². The third-order valence-electron chi connectivity index (χ3n) is 9.43. The van der Waals surface area contributed by atoms with Crippen molar-refractivity contribution in [2.24, 2.45) is 11.8 Å². The first kappa shape index (κ1) is 27.1. The number of oxazole rings is 1. The van der Waals surface area contributed by atoms with Gasteiger partial charge in [0.25, 0.3) is 0 Å². The number of aromatic nitrogens is 1. The van der Waals surface area contributed by atoms with E-state index in [4.69, 9.17) is 9.15 Å². The summed E-state index contributed by atoms with van der Waals surface area (Å²) in [6.07, 6.45) is 11.5. The Bertz CT molecular complexity index is 1320. The summed E-state index contributed by atoms with van der Waals surface area (Å²) >= 11 is 0. The predicted molar refractivity (Wildman–Crippen MR) is 155 cm³/mol. The van der Waals surface area contributed by atoms with Crippen LogP contribution in [0, 0.1) is 18.8 Å². The Morgan fingerprint density at radius 2 is 1.88 bits per heavy atom. The van der Waals surface area contributed by atoms with Gasteiger partial charge in [-0.25, -0.2) is 4.98 Å². The van der Waals surface area contributed by atoms with E-state index in [9.17, 15) is 9.90 Å². The smallest absolute Gasteiger partial charge is 0.223 e. The molecule has 212 valence electrons. The molecular formula is C34H42N2O4. The predicted octanol–water partition coefficient (Wildman–Crippen LogP) is 7.22. The molecule has 1 amide bonds. The monoisotopic (exact) mass is 542 g/mol. The van der Waals surface area contributed by atoms with Crippen LogP contribution in [0.5, 0.6) is 5.75 Å². The summed E-state index contributed by atoms with van der Waals surface area (Å²) in [5.74, 6) is 3.41. The molecule has 1 aromatic heterocycles. The molecule has 3 aromatic rings. The molecule has 0 saturated heterocycles. The third-order valence-corrected chi connectivity index (χ3v) is 9.43. The summed E-state index contributed by atoms with van der Waals surface area (Å²) in [6.45, 7) is 2.05. The highest BCUT2D eigenvalue weighted by molar-refractivity contribution is 5.79. The number of methoxy groups -OCH3 is 1. The van der Waals surface area contributed by atoms with Gasteiger partial charge in [-0.1, -0.05) is 49.6 Å². The molecule has 0 aliphatic heterocycles. The molecular weight excluding hydrogens is 500 g/mol. The number of aliphatic hydroxyl groups is 1. The van der Waals surface area contributed by atoms with Crippen molar-refractivity contribution in [3.05, 3.63) is 71.2 Å². The molecule has 3 aliphatic rings. The van der Waals surface area contributed by atoms with Gasteiger partial charge in [0.1, 0.15) is 5.75 Å². The van der Waals surface area contributed by atoms with Crippen LogP contribution in [-0.4, -0.2) is 29.2 Å². The van der Waals surface area contributed by atoms with Crippen molar-refractivity contribution in [2.45, 2.75) is 95.1 Å². The maximum atomic E-state index is 13.5. The zero-order valence-electron chi connectivity index (χ0n) is 23.8. The van der Waals surface area contributed by atoms with Crippen LogP contribution in [0.1, 0.15) is 105 Å². The van der Waals surface area contributed by atoms with E-state index >= 15 is 0 Å². The minimum atomic E-state index is -0.473. The molecule has 3 aliphatic carbocycles. The molecule has 0 spiro atoms. The lowest BCUT2D eigenvalue weighted by atomic mass is 9.72. The van der Waals surface area contributed by atoms with Crippen LogP contribution in [0.2, 0.25) is 0 Å². The van der Waals surface area contributed by atoms with Crippen LogP contribution < -0.4 is 10.1 Å². The number of carbonyl (C=O) groups excluding carboxylic acids is 1. The Morgan fingerprint density at radius 1 is 1.05 bits per heavy atom. The number of nitrogens with zero attached hydrogens (tertiary/aromatic N) is 1. The van der Waals surface area contributed by atoms with Crippen molar-refractivity contribution in [3.8, 4) is 17.1 Å². The maximum absolute atomic E-state index is 13.5. The number of benzene rings is 2. The number of rotatable bonds is 8. The Labute approximate surface area is 237 Å². The molecule has 1 heterocycles. The number of hydrogen-bond donors (Lipinski definition) is 2. The molecule has 0 bridgehead atoms. The summed E-state index contributed by atoms with van der Waals surface area (Å²) in [5.41, 5.74) is 4.30. The molecule has 6 nitrogen and oxygen atoms in total. The molecule has 3 fully saturated rings. The molecule has 6 heteroatoms. The summed E-state index contributed by atoms with van der Waals surface area (Å²) in [4.78, 5) is 18.0. The standard InChI is InChI=1S/C34H42N2O4/c1-21-17-24(14-16-30(21)39-2)28-15-13-27(19-29(28)37)32(36-33(38)22-7-4-3-5-8-22)26-10-6-9-25(18-26)31-20-35-34(40-31)23-11-12-23/h6,9-10,14,16-18,20,22-23,27-29,32,37H,3-5,7-8,11-13,15,19H2,1-2H3,(H,36,38). The highest BCUT2D eigenvalue weighted by Crippen LogP contribution is 2.44. The fraction of sp³-hybridized carbons (Fsp3) is 0.529. The lowest BCUT2D eigenvalue weighted by molar-refractivity contribution is -0.127. The van der Waals surface area contributed by atoms with Gasteiger partial charge in [0.2, 0.25) is 5.91 Å². The first-order valence-corrected chi connectivity index (χ1v) is 15.2. The lowest BCUT2D eigenvalue weighted by Gasteiger charge is -2.38. The highest BCUT2D eigenvalue weighted by Gasteiger charge is 2.37. The van der Waals surface area contributed by atoms with Crippen LogP contribution in [0.15, 0.2) is 53.1 Å². The van der Waals surface area contributed by atoms with Crippen molar-refractivity contribution in [3.63, 3.8) is 0 Å².